The van der Waals surface area contributed by atoms with E-state index >= 15 is 0 Å². The number of aryl methyl sites for hydroxylation is 1. The lowest BCUT2D eigenvalue weighted by Crippen LogP contribution is -2.44. The van der Waals surface area contributed by atoms with Gasteiger partial charge in [0.15, 0.2) is 9.84 Å². The van der Waals surface area contributed by atoms with Crippen molar-refractivity contribution in [3.05, 3.63) is 83.9 Å². The van der Waals surface area contributed by atoms with Gasteiger partial charge in [0.25, 0.3) is 6.47 Å². The fourth-order valence-electron chi connectivity index (χ4n) is 4.36. The van der Waals surface area contributed by atoms with Gasteiger partial charge < -0.3 is 14.8 Å². The fraction of sp³-hybridized carbons (Fsp3) is 0.423. The molecule has 0 bridgehead atoms. The fourth-order valence-corrected chi connectivity index (χ4v) is 6.28. The molecule has 0 aromatic heterocycles. The SMILES string of the molecule is C=CC(c1ccc(C)cc1)S(=O)(=O)C(CC1(COCc2ccccc2)CCNCC1)OC=O. The van der Waals surface area contributed by atoms with Crippen molar-refractivity contribution in [3.63, 3.8) is 0 Å². The maximum absolute atomic E-state index is 13.6. The van der Waals surface area contributed by atoms with Crippen LogP contribution in [0.1, 0.15) is 41.2 Å². The molecule has 178 valence electrons. The maximum atomic E-state index is 13.6. The molecule has 1 fully saturated rings. The summed E-state index contributed by atoms with van der Waals surface area (Å²) in [7, 11) is -3.90. The molecule has 2 aromatic rings. The largest absolute Gasteiger partial charge is 0.448 e. The summed E-state index contributed by atoms with van der Waals surface area (Å²) in [4.78, 5) is 11.3. The molecule has 2 unspecified atom stereocenters. The molecule has 1 aliphatic heterocycles. The smallest absolute Gasteiger partial charge is 0.294 e. The number of hydrogen-bond acceptors (Lipinski definition) is 6. The zero-order valence-electron chi connectivity index (χ0n) is 19.1. The number of piperidine rings is 1. The van der Waals surface area contributed by atoms with Crippen molar-refractivity contribution in [2.24, 2.45) is 5.41 Å². The Morgan fingerprint density at radius 2 is 1.76 bits per heavy atom. The van der Waals surface area contributed by atoms with E-state index in [0.717, 1.165) is 37.1 Å². The minimum Gasteiger partial charge on any atom is -0.448 e. The third-order valence-corrected chi connectivity index (χ3v) is 8.51. The number of nitrogens with one attached hydrogen (secondary N) is 1. The number of carbonyl (C=O) groups is 1. The summed E-state index contributed by atoms with van der Waals surface area (Å²) in [5.74, 6) is 0. The van der Waals surface area contributed by atoms with E-state index in [4.69, 9.17) is 9.47 Å². The van der Waals surface area contributed by atoms with E-state index in [1.165, 1.54) is 6.08 Å². The summed E-state index contributed by atoms with van der Waals surface area (Å²) in [6.07, 6.45) is 3.06. The van der Waals surface area contributed by atoms with Crippen molar-refractivity contribution in [2.75, 3.05) is 19.7 Å². The van der Waals surface area contributed by atoms with Crippen LogP contribution in [0.2, 0.25) is 0 Å². The van der Waals surface area contributed by atoms with Crippen molar-refractivity contribution in [3.8, 4) is 0 Å². The Morgan fingerprint density at radius 3 is 2.36 bits per heavy atom. The average molecular weight is 472 g/mol. The van der Waals surface area contributed by atoms with Crippen molar-refractivity contribution >= 4 is 16.3 Å². The van der Waals surface area contributed by atoms with Crippen LogP contribution >= 0.6 is 0 Å². The first-order valence-electron chi connectivity index (χ1n) is 11.2. The second-order valence-electron chi connectivity index (χ2n) is 8.75. The van der Waals surface area contributed by atoms with E-state index < -0.39 is 25.9 Å². The minimum absolute atomic E-state index is 0.181. The average Bonchev–Trinajstić information content (AvgIpc) is 2.82. The first kappa shape index (κ1) is 25.1. The number of ether oxygens (including phenoxy) is 2. The van der Waals surface area contributed by atoms with E-state index in [-0.39, 0.29) is 12.9 Å². The number of hydrogen-bond donors (Lipinski definition) is 1. The highest BCUT2D eigenvalue weighted by molar-refractivity contribution is 7.92. The highest BCUT2D eigenvalue weighted by Gasteiger charge is 2.43. The van der Waals surface area contributed by atoms with Crippen LogP contribution < -0.4 is 5.32 Å². The summed E-state index contributed by atoms with van der Waals surface area (Å²) in [6.45, 7) is 8.28. The van der Waals surface area contributed by atoms with Gasteiger partial charge in [-0.15, -0.1) is 6.58 Å². The number of carbonyl (C=O) groups excluding carboxylic acids is 1. The Kier molecular flexibility index (Phi) is 8.83. The Hall–Kier alpha value is -2.48. The molecule has 6 nitrogen and oxygen atoms in total. The molecular weight excluding hydrogens is 438 g/mol. The van der Waals surface area contributed by atoms with E-state index in [1.54, 1.807) is 12.1 Å². The number of benzene rings is 2. The number of sulfone groups is 1. The lowest BCUT2D eigenvalue weighted by Gasteiger charge is -2.39. The van der Waals surface area contributed by atoms with Gasteiger partial charge >= 0.3 is 0 Å². The van der Waals surface area contributed by atoms with Crippen LogP contribution in [0.15, 0.2) is 67.3 Å². The molecule has 2 atom stereocenters. The van der Waals surface area contributed by atoms with E-state index in [1.807, 2.05) is 49.4 Å². The van der Waals surface area contributed by atoms with Gasteiger partial charge in [-0.25, -0.2) is 8.42 Å². The normalized spacial score (nSPS) is 17.6. The molecule has 0 radical (unpaired) electrons. The van der Waals surface area contributed by atoms with Gasteiger partial charge in [-0.05, 0) is 44.0 Å². The van der Waals surface area contributed by atoms with Crippen LogP contribution in [0.5, 0.6) is 0 Å². The molecule has 0 aliphatic carbocycles. The zero-order chi connectivity index (χ0) is 23.7. The van der Waals surface area contributed by atoms with Gasteiger partial charge in [0.2, 0.25) is 5.44 Å². The molecule has 33 heavy (non-hydrogen) atoms. The maximum Gasteiger partial charge on any atom is 0.294 e. The molecule has 0 saturated carbocycles. The van der Waals surface area contributed by atoms with Gasteiger partial charge in [0.05, 0.1) is 13.2 Å². The van der Waals surface area contributed by atoms with E-state index in [9.17, 15) is 13.2 Å². The van der Waals surface area contributed by atoms with Crippen LogP contribution in [0.3, 0.4) is 0 Å². The second kappa shape index (κ2) is 11.6. The van der Waals surface area contributed by atoms with Crippen LogP contribution in [0, 0.1) is 12.3 Å². The summed E-state index contributed by atoms with van der Waals surface area (Å²) in [5, 5.41) is 2.36. The van der Waals surface area contributed by atoms with Crippen LogP contribution in [0.4, 0.5) is 0 Å². The Labute approximate surface area is 196 Å². The first-order chi connectivity index (χ1) is 15.9. The van der Waals surface area contributed by atoms with Crippen LogP contribution in [0.25, 0.3) is 0 Å². The van der Waals surface area contributed by atoms with E-state index in [2.05, 4.69) is 11.9 Å². The second-order valence-corrected chi connectivity index (χ2v) is 11.0. The quantitative estimate of drug-likeness (QED) is 0.371. The Morgan fingerprint density at radius 1 is 1.09 bits per heavy atom. The van der Waals surface area contributed by atoms with Gasteiger partial charge in [-0.2, -0.15) is 0 Å². The molecule has 7 heteroatoms. The predicted molar refractivity (Wildman–Crippen MR) is 129 cm³/mol. The molecule has 1 saturated heterocycles. The van der Waals surface area contributed by atoms with Gasteiger partial charge in [-0.1, -0.05) is 66.2 Å². The molecule has 0 amide bonds. The summed E-state index contributed by atoms with van der Waals surface area (Å²) >= 11 is 0. The predicted octanol–water partition coefficient (Wildman–Crippen LogP) is 4.11. The lowest BCUT2D eigenvalue weighted by atomic mass is 9.77. The summed E-state index contributed by atoms with van der Waals surface area (Å²) in [6, 6.07) is 17.1. The van der Waals surface area contributed by atoms with Gasteiger partial charge in [-0.3, -0.25) is 4.79 Å². The summed E-state index contributed by atoms with van der Waals surface area (Å²) < 4.78 is 38.6. The van der Waals surface area contributed by atoms with Gasteiger partial charge in [0, 0.05) is 11.8 Å². The highest BCUT2D eigenvalue weighted by Crippen LogP contribution is 2.39. The van der Waals surface area contributed by atoms with Crippen molar-refractivity contribution < 1.29 is 22.7 Å². The standard InChI is InChI=1S/C26H33NO5S/c1-3-24(23-11-9-21(2)10-12-23)33(29,30)25(32-20-28)17-26(13-15-27-16-14-26)19-31-18-22-7-5-4-6-8-22/h3-12,20,24-25,27H,1,13-19H2,2H3. The van der Waals surface area contributed by atoms with Crippen molar-refractivity contribution in [1.29, 1.82) is 0 Å². The molecule has 2 aromatic carbocycles. The van der Waals surface area contributed by atoms with Crippen molar-refractivity contribution in [2.45, 2.75) is 43.5 Å². The topological polar surface area (TPSA) is 81.7 Å². The number of rotatable bonds is 12. The lowest BCUT2D eigenvalue weighted by molar-refractivity contribution is -0.132. The Balaban J connectivity index is 1.81. The highest BCUT2D eigenvalue weighted by atomic mass is 32.2. The van der Waals surface area contributed by atoms with Gasteiger partial charge in [0.1, 0.15) is 5.25 Å². The van der Waals surface area contributed by atoms with Crippen LogP contribution in [-0.2, 0) is 30.7 Å². The van der Waals surface area contributed by atoms with Crippen molar-refractivity contribution in [1.82, 2.24) is 5.32 Å². The minimum atomic E-state index is -3.90. The monoisotopic (exact) mass is 471 g/mol. The third kappa shape index (κ3) is 6.53. The molecule has 0 spiro atoms. The molecule has 1 heterocycles. The molecule has 3 rings (SSSR count). The summed E-state index contributed by atoms with van der Waals surface area (Å²) in [5.41, 5.74) is 0.997. The van der Waals surface area contributed by atoms with E-state index in [0.29, 0.717) is 18.8 Å². The van der Waals surface area contributed by atoms with Crippen LogP contribution in [-0.4, -0.2) is 40.0 Å². The zero-order valence-corrected chi connectivity index (χ0v) is 19.9. The molecule has 1 N–H and O–H groups in total. The first-order valence-corrected chi connectivity index (χ1v) is 12.8. The Bertz CT molecular complexity index is 999. The molecule has 1 aliphatic rings. The third-order valence-electron chi connectivity index (χ3n) is 6.33. The molecular formula is C26H33NO5S.